The Kier molecular flexibility index (Phi) is 8.26. The van der Waals surface area contributed by atoms with Gasteiger partial charge < -0.3 is 9.47 Å². The fourth-order valence-electron chi connectivity index (χ4n) is 3.91. The summed E-state index contributed by atoms with van der Waals surface area (Å²) in [5.74, 6) is -0.138. The molecule has 1 fully saturated rings. The van der Waals surface area contributed by atoms with Gasteiger partial charge in [-0.05, 0) is 42.9 Å². The summed E-state index contributed by atoms with van der Waals surface area (Å²) in [6.45, 7) is 6.59. The lowest BCUT2D eigenvalue weighted by Crippen LogP contribution is -2.40. The smallest absolute Gasteiger partial charge is 0.320 e. The number of carbonyl (C=O) groups excluding carboxylic acids is 1. The zero-order chi connectivity index (χ0) is 20.5. The summed E-state index contributed by atoms with van der Waals surface area (Å²) in [5, 5.41) is 0. The molecule has 1 atom stereocenters. The highest BCUT2D eigenvalue weighted by Gasteiger charge is 2.25. The van der Waals surface area contributed by atoms with Crippen LogP contribution in [0, 0.1) is 0 Å². The Hall–Kier alpha value is -2.17. The number of hydrogen-bond acceptors (Lipinski definition) is 4. The predicted molar refractivity (Wildman–Crippen MR) is 116 cm³/mol. The second-order valence-corrected chi connectivity index (χ2v) is 7.70. The number of likely N-dealkylation sites (tertiary alicyclic amines) is 1. The van der Waals surface area contributed by atoms with Crippen LogP contribution in [-0.2, 0) is 20.7 Å². The molecule has 1 unspecified atom stereocenters. The van der Waals surface area contributed by atoms with Crippen molar-refractivity contribution in [2.75, 3.05) is 26.2 Å². The second kappa shape index (κ2) is 11.1. The van der Waals surface area contributed by atoms with Crippen molar-refractivity contribution in [2.45, 2.75) is 51.7 Å². The maximum atomic E-state index is 11.7. The molecule has 4 heteroatoms. The quantitative estimate of drug-likeness (QED) is 0.573. The standard InChI is InChI=1S/C25H33NO3/c1-3-8-20-11-13-22(14-12-20)25(21-9-6-5-7-10-21)29-23-15-17-26(18-16-23)19-24(27)28-4-2/h5-7,9-14,23,25H,3-4,8,15-19H2,1-2H3. The molecule has 0 aliphatic carbocycles. The van der Waals surface area contributed by atoms with Crippen LogP contribution >= 0.6 is 0 Å². The van der Waals surface area contributed by atoms with Crippen molar-refractivity contribution in [3.63, 3.8) is 0 Å². The van der Waals surface area contributed by atoms with E-state index in [1.165, 1.54) is 16.7 Å². The van der Waals surface area contributed by atoms with E-state index in [4.69, 9.17) is 9.47 Å². The Morgan fingerprint density at radius 1 is 1.00 bits per heavy atom. The van der Waals surface area contributed by atoms with E-state index in [1.807, 2.05) is 13.0 Å². The highest BCUT2D eigenvalue weighted by molar-refractivity contribution is 5.71. The van der Waals surface area contributed by atoms with Gasteiger partial charge >= 0.3 is 5.97 Å². The van der Waals surface area contributed by atoms with Crippen LogP contribution in [-0.4, -0.2) is 43.2 Å². The minimum absolute atomic E-state index is 0.0616. The molecule has 0 radical (unpaired) electrons. The maximum Gasteiger partial charge on any atom is 0.320 e. The fraction of sp³-hybridized carbons (Fsp3) is 0.480. The summed E-state index contributed by atoms with van der Waals surface area (Å²) < 4.78 is 11.7. The average Bonchev–Trinajstić information content (AvgIpc) is 2.75. The van der Waals surface area contributed by atoms with Gasteiger partial charge in [0.1, 0.15) is 6.10 Å². The van der Waals surface area contributed by atoms with E-state index >= 15 is 0 Å². The molecule has 1 aliphatic rings. The summed E-state index contributed by atoms with van der Waals surface area (Å²) in [6, 6.07) is 19.3. The molecule has 29 heavy (non-hydrogen) atoms. The zero-order valence-electron chi connectivity index (χ0n) is 17.7. The van der Waals surface area contributed by atoms with Gasteiger partial charge in [0.15, 0.2) is 0 Å². The Labute approximate surface area is 174 Å². The number of nitrogens with zero attached hydrogens (tertiary/aromatic N) is 1. The molecule has 1 saturated heterocycles. The number of rotatable bonds is 9. The van der Waals surface area contributed by atoms with E-state index in [0.717, 1.165) is 38.8 Å². The molecular formula is C25H33NO3. The summed E-state index contributed by atoms with van der Waals surface area (Å²) in [6.07, 6.45) is 4.24. The van der Waals surface area contributed by atoms with Gasteiger partial charge in [-0.1, -0.05) is 67.9 Å². The van der Waals surface area contributed by atoms with Crippen molar-refractivity contribution < 1.29 is 14.3 Å². The van der Waals surface area contributed by atoms with Crippen molar-refractivity contribution in [3.05, 3.63) is 71.3 Å². The normalized spacial score (nSPS) is 16.5. The molecule has 0 spiro atoms. The number of ether oxygens (including phenoxy) is 2. The highest BCUT2D eigenvalue weighted by atomic mass is 16.5. The predicted octanol–water partition coefficient (Wildman–Crippen LogP) is 4.77. The molecule has 0 aromatic heterocycles. The molecule has 3 rings (SSSR count). The van der Waals surface area contributed by atoms with E-state index < -0.39 is 0 Å². The molecule has 2 aromatic rings. The van der Waals surface area contributed by atoms with Crippen LogP contribution in [0.3, 0.4) is 0 Å². The molecule has 2 aromatic carbocycles. The number of benzene rings is 2. The van der Waals surface area contributed by atoms with Gasteiger partial charge in [0.25, 0.3) is 0 Å². The molecule has 0 bridgehead atoms. The Bertz CT molecular complexity index is 736. The summed E-state index contributed by atoms with van der Waals surface area (Å²) >= 11 is 0. The fourth-order valence-corrected chi connectivity index (χ4v) is 3.91. The van der Waals surface area contributed by atoms with Crippen LogP contribution in [0.1, 0.15) is 55.9 Å². The summed E-state index contributed by atoms with van der Waals surface area (Å²) in [7, 11) is 0. The maximum absolute atomic E-state index is 11.7. The molecule has 0 N–H and O–H groups in total. The van der Waals surface area contributed by atoms with E-state index in [0.29, 0.717) is 13.2 Å². The first kappa shape index (κ1) is 21.5. The third-order valence-electron chi connectivity index (χ3n) is 5.44. The van der Waals surface area contributed by atoms with E-state index in [9.17, 15) is 4.79 Å². The van der Waals surface area contributed by atoms with Crippen molar-refractivity contribution in [3.8, 4) is 0 Å². The van der Waals surface area contributed by atoms with Gasteiger partial charge in [-0.25, -0.2) is 0 Å². The van der Waals surface area contributed by atoms with Crippen LogP contribution in [0.15, 0.2) is 54.6 Å². The van der Waals surface area contributed by atoms with Gasteiger partial charge in [-0.15, -0.1) is 0 Å². The van der Waals surface area contributed by atoms with Crippen molar-refractivity contribution in [1.82, 2.24) is 4.90 Å². The Balaban J connectivity index is 1.65. The Morgan fingerprint density at radius 3 is 2.28 bits per heavy atom. The SMILES string of the molecule is CCCc1ccc(C(OC2CCN(CC(=O)OCC)CC2)c2ccccc2)cc1. The van der Waals surface area contributed by atoms with Gasteiger partial charge in [0.05, 0.1) is 19.3 Å². The summed E-state index contributed by atoms with van der Waals surface area (Å²) in [4.78, 5) is 13.9. The molecular weight excluding hydrogens is 362 g/mol. The minimum atomic E-state index is -0.138. The molecule has 0 amide bonds. The monoisotopic (exact) mass is 395 g/mol. The van der Waals surface area contributed by atoms with Crippen molar-refractivity contribution >= 4 is 5.97 Å². The van der Waals surface area contributed by atoms with Gasteiger partial charge in [0.2, 0.25) is 0 Å². The first-order chi connectivity index (χ1) is 14.2. The van der Waals surface area contributed by atoms with Crippen LogP contribution in [0.25, 0.3) is 0 Å². The van der Waals surface area contributed by atoms with E-state index in [-0.39, 0.29) is 18.2 Å². The first-order valence-corrected chi connectivity index (χ1v) is 10.9. The first-order valence-electron chi connectivity index (χ1n) is 10.9. The largest absolute Gasteiger partial charge is 0.465 e. The van der Waals surface area contributed by atoms with Gasteiger partial charge in [-0.3, -0.25) is 9.69 Å². The number of piperidine rings is 1. The average molecular weight is 396 g/mol. The lowest BCUT2D eigenvalue weighted by atomic mass is 9.98. The van der Waals surface area contributed by atoms with Gasteiger partial charge in [-0.2, -0.15) is 0 Å². The van der Waals surface area contributed by atoms with E-state index in [1.54, 1.807) is 0 Å². The molecule has 4 nitrogen and oxygen atoms in total. The van der Waals surface area contributed by atoms with Crippen LogP contribution in [0.4, 0.5) is 0 Å². The second-order valence-electron chi connectivity index (χ2n) is 7.70. The molecule has 0 saturated carbocycles. The molecule has 156 valence electrons. The zero-order valence-corrected chi connectivity index (χ0v) is 17.7. The van der Waals surface area contributed by atoms with Crippen LogP contribution in [0.2, 0.25) is 0 Å². The minimum Gasteiger partial charge on any atom is -0.465 e. The lowest BCUT2D eigenvalue weighted by Gasteiger charge is -2.33. The van der Waals surface area contributed by atoms with Crippen molar-refractivity contribution in [1.29, 1.82) is 0 Å². The van der Waals surface area contributed by atoms with Gasteiger partial charge in [0, 0.05) is 13.1 Å². The number of carbonyl (C=O) groups is 1. The number of hydrogen-bond donors (Lipinski definition) is 0. The number of esters is 1. The topological polar surface area (TPSA) is 38.8 Å². The summed E-state index contributed by atoms with van der Waals surface area (Å²) in [5.41, 5.74) is 3.75. The lowest BCUT2D eigenvalue weighted by molar-refractivity contribution is -0.145. The Morgan fingerprint density at radius 2 is 1.66 bits per heavy atom. The molecule has 1 heterocycles. The third kappa shape index (κ3) is 6.41. The van der Waals surface area contributed by atoms with Crippen molar-refractivity contribution in [2.24, 2.45) is 0 Å². The van der Waals surface area contributed by atoms with E-state index in [2.05, 4.69) is 60.4 Å². The third-order valence-corrected chi connectivity index (χ3v) is 5.44. The van der Waals surface area contributed by atoms with Crippen LogP contribution < -0.4 is 0 Å². The molecule has 1 aliphatic heterocycles. The number of aryl methyl sites for hydroxylation is 1. The highest BCUT2D eigenvalue weighted by Crippen LogP contribution is 2.30. The van der Waals surface area contributed by atoms with Crippen LogP contribution in [0.5, 0.6) is 0 Å².